The Kier molecular flexibility index (Phi) is 6.80. The van der Waals surface area contributed by atoms with Crippen LogP contribution in [0, 0.1) is 23.3 Å². The molecule has 0 aliphatic carbocycles. The number of hydrogen-bond donors (Lipinski definition) is 1. The molecule has 0 unspecified atom stereocenters. The van der Waals surface area contributed by atoms with Gasteiger partial charge in [0.1, 0.15) is 33.1 Å². The summed E-state index contributed by atoms with van der Waals surface area (Å²) in [6, 6.07) is 3.93. The molecule has 154 valence electrons. The summed E-state index contributed by atoms with van der Waals surface area (Å²) in [5.74, 6) is -4.14. The van der Waals surface area contributed by atoms with E-state index in [9.17, 15) is 34.4 Å². The first kappa shape index (κ1) is 22.3. The standard InChI is InChI=1S/C16H16F4N2O4S2/c1-22(28(25,26)16-10-12(18)4-6-14(16)20)8-2-7-21-27(23,24)15-9-11(17)3-5-13(15)19/h3-6,9-10,21H,2,7-8H2,1H3. The Hall–Kier alpha value is -2.02. The molecule has 6 nitrogen and oxygen atoms in total. The third kappa shape index (κ3) is 5.07. The van der Waals surface area contributed by atoms with Crippen LogP contribution in [-0.4, -0.2) is 41.3 Å². The van der Waals surface area contributed by atoms with Gasteiger partial charge in [0.15, 0.2) is 0 Å². The van der Waals surface area contributed by atoms with E-state index in [0.29, 0.717) is 24.3 Å². The van der Waals surface area contributed by atoms with Gasteiger partial charge < -0.3 is 0 Å². The van der Waals surface area contributed by atoms with Crippen LogP contribution in [0.3, 0.4) is 0 Å². The van der Waals surface area contributed by atoms with Gasteiger partial charge in [0.2, 0.25) is 20.0 Å². The van der Waals surface area contributed by atoms with Crippen LogP contribution < -0.4 is 4.72 Å². The monoisotopic (exact) mass is 440 g/mol. The molecule has 0 fully saturated rings. The van der Waals surface area contributed by atoms with E-state index in [4.69, 9.17) is 0 Å². The normalized spacial score (nSPS) is 12.5. The molecule has 2 rings (SSSR count). The van der Waals surface area contributed by atoms with Gasteiger partial charge in [0, 0.05) is 20.1 Å². The van der Waals surface area contributed by atoms with Gasteiger partial charge in [0.25, 0.3) is 0 Å². The van der Waals surface area contributed by atoms with Gasteiger partial charge in [-0.3, -0.25) is 0 Å². The van der Waals surface area contributed by atoms with Gasteiger partial charge in [-0.2, -0.15) is 0 Å². The van der Waals surface area contributed by atoms with Gasteiger partial charge in [-0.15, -0.1) is 0 Å². The molecule has 0 atom stereocenters. The first-order chi connectivity index (χ1) is 12.9. The second-order valence-electron chi connectivity index (χ2n) is 5.73. The molecule has 28 heavy (non-hydrogen) atoms. The average Bonchev–Trinajstić information content (AvgIpc) is 2.62. The summed E-state index contributed by atoms with van der Waals surface area (Å²) < 4.78 is 105. The molecule has 0 saturated heterocycles. The van der Waals surface area contributed by atoms with Crippen LogP contribution in [0.25, 0.3) is 0 Å². The molecule has 0 spiro atoms. The van der Waals surface area contributed by atoms with E-state index >= 15 is 0 Å². The Morgan fingerprint density at radius 2 is 1.36 bits per heavy atom. The van der Waals surface area contributed by atoms with Crippen molar-refractivity contribution in [3.05, 3.63) is 59.7 Å². The lowest BCUT2D eigenvalue weighted by molar-refractivity contribution is 0.453. The van der Waals surface area contributed by atoms with Crippen LogP contribution in [0.4, 0.5) is 17.6 Å². The minimum atomic E-state index is -4.35. The predicted molar refractivity (Wildman–Crippen MR) is 92.3 cm³/mol. The summed E-state index contributed by atoms with van der Waals surface area (Å²) in [6.07, 6.45) is -0.0666. The van der Waals surface area contributed by atoms with Gasteiger partial charge in [0.05, 0.1) is 0 Å². The van der Waals surface area contributed by atoms with Gasteiger partial charge in [-0.05, 0) is 42.8 Å². The molecule has 0 aromatic heterocycles. The van der Waals surface area contributed by atoms with E-state index < -0.39 is 53.1 Å². The lowest BCUT2D eigenvalue weighted by Crippen LogP contribution is -2.32. The fraction of sp³-hybridized carbons (Fsp3) is 0.250. The van der Waals surface area contributed by atoms with Crippen molar-refractivity contribution in [2.45, 2.75) is 16.2 Å². The molecule has 0 aliphatic rings. The Balaban J connectivity index is 2.01. The van der Waals surface area contributed by atoms with E-state index in [1.807, 2.05) is 4.72 Å². The number of benzene rings is 2. The topological polar surface area (TPSA) is 83.6 Å². The Morgan fingerprint density at radius 3 is 1.93 bits per heavy atom. The average molecular weight is 440 g/mol. The molecule has 0 saturated carbocycles. The Morgan fingerprint density at radius 1 is 0.857 bits per heavy atom. The molecule has 12 heteroatoms. The lowest BCUT2D eigenvalue weighted by atomic mass is 10.3. The third-order valence-corrected chi connectivity index (χ3v) is 7.05. The summed E-state index contributed by atoms with van der Waals surface area (Å²) in [6.45, 7) is -0.545. The highest BCUT2D eigenvalue weighted by Gasteiger charge is 2.25. The Labute approximate surface area is 159 Å². The maximum Gasteiger partial charge on any atom is 0.245 e. The minimum Gasteiger partial charge on any atom is -0.211 e. The maximum atomic E-state index is 13.7. The summed E-state index contributed by atoms with van der Waals surface area (Å²) in [4.78, 5) is -1.73. The van der Waals surface area contributed by atoms with Crippen LogP contribution >= 0.6 is 0 Å². The quantitative estimate of drug-likeness (QED) is 0.504. The van der Waals surface area contributed by atoms with Crippen molar-refractivity contribution in [2.75, 3.05) is 20.1 Å². The molecule has 2 aromatic rings. The highest BCUT2D eigenvalue weighted by atomic mass is 32.2. The van der Waals surface area contributed by atoms with Crippen LogP contribution in [0.2, 0.25) is 0 Å². The summed E-state index contributed by atoms with van der Waals surface area (Å²) in [5.41, 5.74) is 0. The molecule has 2 aromatic carbocycles. The van der Waals surface area contributed by atoms with E-state index in [0.717, 1.165) is 23.5 Å². The number of nitrogens with zero attached hydrogens (tertiary/aromatic N) is 1. The first-order valence-electron chi connectivity index (χ1n) is 7.81. The molecular formula is C16H16F4N2O4S2. The zero-order valence-corrected chi connectivity index (χ0v) is 16.1. The van der Waals surface area contributed by atoms with Crippen molar-refractivity contribution in [3.8, 4) is 0 Å². The number of hydrogen-bond acceptors (Lipinski definition) is 4. The largest absolute Gasteiger partial charge is 0.245 e. The van der Waals surface area contributed by atoms with E-state index in [1.165, 1.54) is 0 Å². The lowest BCUT2D eigenvalue weighted by Gasteiger charge is -2.17. The van der Waals surface area contributed by atoms with Gasteiger partial charge >= 0.3 is 0 Å². The van der Waals surface area contributed by atoms with Gasteiger partial charge in [-0.1, -0.05) is 0 Å². The van der Waals surface area contributed by atoms with Crippen molar-refractivity contribution in [2.24, 2.45) is 0 Å². The minimum absolute atomic E-state index is 0.0666. The SMILES string of the molecule is CN(CCCNS(=O)(=O)c1cc(F)ccc1F)S(=O)(=O)c1cc(F)ccc1F. The van der Waals surface area contributed by atoms with Crippen LogP contribution in [-0.2, 0) is 20.0 Å². The zero-order chi connectivity index (χ0) is 21.1. The van der Waals surface area contributed by atoms with Crippen molar-refractivity contribution >= 4 is 20.0 Å². The smallest absolute Gasteiger partial charge is 0.211 e. The number of halogens is 4. The molecule has 0 bridgehead atoms. The third-order valence-electron chi connectivity index (χ3n) is 3.71. The van der Waals surface area contributed by atoms with E-state index in [2.05, 4.69) is 0 Å². The second kappa shape index (κ2) is 8.55. The number of nitrogens with one attached hydrogen (secondary N) is 1. The summed E-state index contributed by atoms with van der Waals surface area (Å²) >= 11 is 0. The van der Waals surface area contributed by atoms with Crippen LogP contribution in [0.15, 0.2) is 46.2 Å². The molecule has 0 heterocycles. The second-order valence-corrected chi connectivity index (χ2v) is 9.48. The zero-order valence-electron chi connectivity index (χ0n) is 14.5. The fourth-order valence-electron chi connectivity index (χ4n) is 2.23. The van der Waals surface area contributed by atoms with E-state index in [1.54, 1.807) is 0 Å². The van der Waals surface area contributed by atoms with Gasteiger partial charge in [-0.25, -0.2) is 43.4 Å². The maximum absolute atomic E-state index is 13.7. The van der Waals surface area contributed by atoms with E-state index in [-0.39, 0.29) is 19.5 Å². The highest BCUT2D eigenvalue weighted by molar-refractivity contribution is 7.89. The number of rotatable bonds is 8. The predicted octanol–water partition coefficient (Wildman–Crippen LogP) is 2.23. The summed E-state index contributed by atoms with van der Waals surface area (Å²) in [7, 11) is -7.58. The fourth-order valence-corrected chi connectivity index (χ4v) is 4.67. The summed E-state index contributed by atoms with van der Waals surface area (Å²) in [5, 5.41) is 0. The Bertz CT molecular complexity index is 1080. The highest BCUT2D eigenvalue weighted by Crippen LogP contribution is 2.20. The first-order valence-corrected chi connectivity index (χ1v) is 10.7. The molecule has 0 aliphatic heterocycles. The van der Waals surface area contributed by atoms with Crippen molar-refractivity contribution in [1.82, 2.24) is 9.03 Å². The van der Waals surface area contributed by atoms with Crippen LogP contribution in [0.1, 0.15) is 6.42 Å². The van der Waals surface area contributed by atoms with Crippen molar-refractivity contribution < 1.29 is 34.4 Å². The van der Waals surface area contributed by atoms with Crippen LogP contribution in [0.5, 0.6) is 0 Å². The number of sulfonamides is 2. The van der Waals surface area contributed by atoms with Crippen molar-refractivity contribution in [3.63, 3.8) is 0 Å². The molecule has 0 amide bonds. The molecule has 0 radical (unpaired) electrons. The molecular weight excluding hydrogens is 424 g/mol. The molecule has 1 N–H and O–H groups in total. The van der Waals surface area contributed by atoms with Crippen molar-refractivity contribution in [1.29, 1.82) is 0 Å².